The van der Waals surface area contributed by atoms with Gasteiger partial charge in [-0.2, -0.15) is 13.2 Å². The minimum atomic E-state index is -5.12. The summed E-state index contributed by atoms with van der Waals surface area (Å²) in [5.41, 5.74) is 7.27. The van der Waals surface area contributed by atoms with Gasteiger partial charge in [0.1, 0.15) is 0 Å². The minimum absolute atomic E-state index is 0.149. The number of fused-ring (bicyclic) bond motifs is 1. The number of nitrogens with zero attached hydrogens (tertiary/aromatic N) is 1. The highest BCUT2D eigenvalue weighted by Crippen LogP contribution is 2.24. The standard InChI is InChI=1S/C17H20F3N3O4S/c18-17(19,20)16(24)27-15(21)8-12-9-22-14-4-3-11(7-13(12)14)10-28(25,26)23-5-1-2-6-23/h3-4,7,9,15,22H,1-2,5-6,8,10,21H2. The number of benzene rings is 1. The van der Waals surface area contributed by atoms with Crippen LogP contribution < -0.4 is 5.73 Å². The lowest BCUT2D eigenvalue weighted by molar-refractivity contribution is -0.204. The predicted molar refractivity (Wildman–Crippen MR) is 95.6 cm³/mol. The number of aromatic nitrogens is 1. The summed E-state index contributed by atoms with van der Waals surface area (Å²) in [5.74, 6) is -2.51. The number of nitrogens with two attached hydrogens (primary N) is 1. The average molecular weight is 419 g/mol. The Labute approximate surface area is 159 Å². The van der Waals surface area contributed by atoms with Gasteiger partial charge in [0.05, 0.1) is 5.75 Å². The van der Waals surface area contributed by atoms with Gasteiger partial charge in [-0.05, 0) is 36.1 Å². The van der Waals surface area contributed by atoms with E-state index in [1.54, 1.807) is 24.4 Å². The molecule has 1 fully saturated rings. The maximum absolute atomic E-state index is 12.5. The molecule has 1 aliphatic heterocycles. The second-order valence-electron chi connectivity index (χ2n) is 6.70. The number of esters is 1. The van der Waals surface area contributed by atoms with E-state index in [0.717, 1.165) is 12.8 Å². The summed E-state index contributed by atoms with van der Waals surface area (Å²) in [6, 6.07) is 5.04. The van der Waals surface area contributed by atoms with Crippen molar-refractivity contribution >= 4 is 26.9 Å². The largest absolute Gasteiger partial charge is 0.490 e. The maximum Gasteiger partial charge on any atom is 0.490 e. The first kappa shape index (κ1) is 20.6. The lowest BCUT2D eigenvalue weighted by Gasteiger charge is -2.16. The molecule has 1 aliphatic rings. The monoisotopic (exact) mass is 419 g/mol. The fourth-order valence-corrected chi connectivity index (χ4v) is 4.81. The Morgan fingerprint density at radius 2 is 1.96 bits per heavy atom. The second kappa shape index (κ2) is 7.72. The molecule has 0 amide bonds. The van der Waals surface area contributed by atoms with Crippen molar-refractivity contribution in [2.75, 3.05) is 13.1 Å². The molecule has 1 aromatic heterocycles. The normalized spacial score (nSPS) is 17.1. The first-order chi connectivity index (χ1) is 13.1. The summed E-state index contributed by atoms with van der Waals surface area (Å²) in [7, 11) is -3.43. The number of rotatable bonds is 6. The number of ether oxygens (including phenoxy) is 1. The quantitative estimate of drug-likeness (QED) is 0.551. The zero-order valence-electron chi connectivity index (χ0n) is 14.8. The number of H-pyrrole nitrogens is 1. The molecular formula is C17H20F3N3O4S. The van der Waals surface area contributed by atoms with Crippen molar-refractivity contribution in [3.05, 3.63) is 35.5 Å². The van der Waals surface area contributed by atoms with Gasteiger partial charge in [0, 0.05) is 36.6 Å². The highest BCUT2D eigenvalue weighted by atomic mass is 32.2. The number of sulfonamides is 1. The van der Waals surface area contributed by atoms with Gasteiger partial charge in [-0.25, -0.2) is 17.5 Å². The van der Waals surface area contributed by atoms with Crippen LogP contribution in [0.1, 0.15) is 24.0 Å². The topological polar surface area (TPSA) is 105 Å². The summed E-state index contributed by atoms with van der Waals surface area (Å²) in [6.45, 7) is 1.03. The maximum atomic E-state index is 12.5. The highest BCUT2D eigenvalue weighted by molar-refractivity contribution is 7.88. The fraction of sp³-hybridized carbons (Fsp3) is 0.471. The number of nitrogens with one attached hydrogen (secondary N) is 1. The number of carbonyl (C=O) groups excluding carboxylic acids is 1. The van der Waals surface area contributed by atoms with Gasteiger partial charge in [-0.15, -0.1) is 0 Å². The first-order valence-electron chi connectivity index (χ1n) is 8.66. The van der Waals surface area contributed by atoms with Crippen LogP contribution in [0, 0.1) is 0 Å². The van der Waals surface area contributed by atoms with Crippen molar-refractivity contribution in [2.24, 2.45) is 5.73 Å². The Balaban J connectivity index is 1.76. The van der Waals surface area contributed by atoms with Crippen LogP contribution in [-0.4, -0.2) is 49.2 Å². The number of carbonyl (C=O) groups is 1. The van der Waals surface area contributed by atoms with Gasteiger partial charge in [-0.3, -0.25) is 5.73 Å². The lowest BCUT2D eigenvalue weighted by Crippen LogP contribution is -2.35. The molecule has 7 nitrogen and oxygen atoms in total. The van der Waals surface area contributed by atoms with Gasteiger partial charge in [0.25, 0.3) is 0 Å². The van der Waals surface area contributed by atoms with Gasteiger partial charge in [0.2, 0.25) is 10.0 Å². The van der Waals surface area contributed by atoms with Gasteiger partial charge < -0.3 is 9.72 Å². The van der Waals surface area contributed by atoms with Crippen LogP contribution in [0.4, 0.5) is 13.2 Å². The molecule has 1 atom stereocenters. The number of hydrogen-bond acceptors (Lipinski definition) is 5. The van der Waals surface area contributed by atoms with Crippen LogP contribution in [0.15, 0.2) is 24.4 Å². The molecule has 0 radical (unpaired) electrons. The molecular weight excluding hydrogens is 399 g/mol. The van der Waals surface area contributed by atoms with E-state index in [9.17, 15) is 26.4 Å². The van der Waals surface area contributed by atoms with E-state index in [-0.39, 0.29) is 12.2 Å². The second-order valence-corrected chi connectivity index (χ2v) is 8.67. The molecule has 1 unspecified atom stereocenters. The van der Waals surface area contributed by atoms with Crippen molar-refractivity contribution < 1.29 is 31.1 Å². The van der Waals surface area contributed by atoms with E-state index in [2.05, 4.69) is 9.72 Å². The molecule has 0 aliphatic carbocycles. The Bertz CT molecular complexity index is 966. The Hall–Kier alpha value is -2.11. The third-order valence-corrected chi connectivity index (χ3v) is 6.40. The van der Waals surface area contributed by atoms with E-state index >= 15 is 0 Å². The molecule has 11 heteroatoms. The summed E-state index contributed by atoms with van der Waals surface area (Å²) in [6.07, 6.45) is -3.52. The molecule has 1 saturated heterocycles. The zero-order valence-corrected chi connectivity index (χ0v) is 15.6. The summed E-state index contributed by atoms with van der Waals surface area (Å²) < 4.78 is 67.5. The first-order valence-corrected chi connectivity index (χ1v) is 10.3. The number of alkyl halides is 3. The zero-order chi connectivity index (χ0) is 20.5. The molecule has 3 N–H and O–H groups in total. The van der Waals surface area contributed by atoms with Crippen LogP contribution in [0.25, 0.3) is 10.9 Å². The molecule has 0 bridgehead atoms. The Morgan fingerprint density at radius 1 is 1.29 bits per heavy atom. The van der Waals surface area contributed by atoms with E-state index in [1.165, 1.54) is 4.31 Å². The Kier molecular flexibility index (Phi) is 5.69. The molecule has 0 saturated carbocycles. The van der Waals surface area contributed by atoms with E-state index in [1.807, 2.05) is 0 Å². The SMILES string of the molecule is NC(Cc1c[nH]c2ccc(CS(=O)(=O)N3CCCC3)cc12)OC(=O)C(F)(F)F. The van der Waals surface area contributed by atoms with Crippen LogP contribution in [0.3, 0.4) is 0 Å². The third-order valence-electron chi connectivity index (χ3n) is 4.55. The number of aromatic amines is 1. The summed E-state index contributed by atoms with van der Waals surface area (Å²) >= 11 is 0. The summed E-state index contributed by atoms with van der Waals surface area (Å²) in [4.78, 5) is 13.8. The van der Waals surface area contributed by atoms with Crippen LogP contribution >= 0.6 is 0 Å². The minimum Gasteiger partial charge on any atom is -0.440 e. The Morgan fingerprint density at radius 3 is 2.61 bits per heavy atom. The van der Waals surface area contributed by atoms with Crippen molar-refractivity contribution in [1.82, 2.24) is 9.29 Å². The van der Waals surface area contributed by atoms with Crippen LogP contribution in [0.5, 0.6) is 0 Å². The predicted octanol–water partition coefficient (Wildman–Crippen LogP) is 2.03. The molecule has 3 rings (SSSR count). The van der Waals surface area contributed by atoms with E-state index in [0.29, 0.717) is 35.1 Å². The van der Waals surface area contributed by atoms with E-state index in [4.69, 9.17) is 5.73 Å². The van der Waals surface area contributed by atoms with Gasteiger partial charge in [0.15, 0.2) is 6.23 Å². The van der Waals surface area contributed by atoms with E-state index < -0.39 is 28.4 Å². The molecule has 28 heavy (non-hydrogen) atoms. The van der Waals surface area contributed by atoms with Crippen LogP contribution in [-0.2, 0) is 31.7 Å². The van der Waals surface area contributed by atoms with Crippen LogP contribution in [0.2, 0.25) is 0 Å². The number of hydrogen-bond donors (Lipinski definition) is 2. The molecule has 2 heterocycles. The van der Waals surface area contributed by atoms with Gasteiger partial charge >= 0.3 is 12.1 Å². The van der Waals surface area contributed by atoms with Crippen molar-refractivity contribution in [3.63, 3.8) is 0 Å². The molecule has 1 aromatic carbocycles. The summed E-state index contributed by atoms with van der Waals surface area (Å²) in [5, 5.41) is 0.618. The van der Waals surface area contributed by atoms with Crippen molar-refractivity contribution in [3.8, 4) is 0 Å². The highest BCUT2D eigenvalue weighted by Gasteiger charge is 2.42. The fourth-order valence-electron chi connectivity index (χ4n) is 3.22. The van der Waals surface area contributed by atoms with Crippen molar-refractivity contribution in [2.45, 2.75) is 37.4 Å². The van der Waals surface area contributed by atoms with Gasteiger partial charge in [-0.1, -0.05) is 6.07 Å². The number of halogens is 3. The molecule has 154 valence electrons. The van der Waals surface area contributed by atoms with Crippen molar-refractivity contribution in [1.29, 1.82) is 0 Å². The smallest absolute Gasteiger partial charge is 0.440 e. The molecule has 2 aromatic rings. The third kappa shape index (κ3) is 4.65. The lowest BCUT2D eigenvalue weighted by atomic mass is 10.1. The molecule has 0 spiro atoms. The average Bonchev–Trinajstić information content (AvgIpc) is 3.24.